The highest BCUT2D eigenvalue weighted by Crippen LogP contribution is 2.48. The number of hydrogen-bond donors (Lipinski definition) is 2. The lowest BCUT2D eigenvalue weighted by Gasteiger charge is -2.18. The zero-order valence-electron chi connectivity index (χ0n) is 16.9. The van der Waals surface area contributed by atoms with Gasteiger partial charge in [-0.05, 0) is 60.9 Å². The van der Waals surface area contributed by atoms with Gasteiger partial charge in [-0.15, -0.1) is 0 Å². The molecule has 0 unspecified atom stereocenters. The molecule has 2 aromatic carbocycles. The molecule has 6 nitrogen and oxygen atoms in total. The van der Waals surface area contributed by atoms with Crippen molar-refractivity contribution in [3.8, 4) is 11.5 Å². The molecule has 0 radical (unpaired) electrons. The summed E-state index contributed by atoms with van der Waals surface area (Å²) in [7, 11) is 1.67. The van der Waals surface area contributed by atoms with Crippen molar-refractivity contribution in [3.63, 3.8) is 0 Å². The molecule has 1 heterocycles. The number of benzene rings is 2. The number of pyridine rings is 1. The fraction of sp³-hybridized carbons (Fsp3) is 0.250. The van der Waals surface area contributed by atoms with E-state index in [1.54, 1.807) is 19.5 Å². The van der Waals surface area contributed by atoms with Crippen LogP contribution in [0.3, 0.4) is 0 Å². The lowest BCUT2D eigenvalue weighted by molar-refractivity contribution is 0.251. The molecule has 0 bridgehead atoms. The number of aromatic nitrogens is 1. The van der Waals surface area contributed by atoms with Crippen LogP contribution in [0.5, 0.6) is 11.5 Å². The quantitative estimate of drug-likeness (QED) is 0.580. The molecule has 1 aliphatic rings. The number of urea groups is 1. The molecule has 154 valence electrons. The van der Waals surface area contributed by atoms with Gasteiger partial charge in [0.2, 0.25) is 0 Å². The predicted octanol–water partition coefficient (Wildman–Crippen LogP) is 4.52. The van der Waals surface area contributed by atoms with Crippen LogP contribution in [0.2, 0.25) is 0 Å². The summed E-state index contributed by atoms with van der Waals surface area (Å²) in [4.78, 5) is 16.4. The number of rotatable bonds is 8. The maximum atomic E-state index is 12.4. The Morgan fingerprint density at radius 2 is 1.90 bits per heavy atom. The molecule has 2 amide bonds. The summed E-state index contributed by atoms with van der Waals surface area (Å²) in [6.07, 6.45) is 5.63. The molecular formula is C24H25N3O3. The lowest BCUT2D eigenvalue weighted by atomic mass is 9.96. The molecule has 1 aliphatic carbocycles. The van der Waals surface area contributed by atoms with Crippen molar-refractivity contribution in [1.29, 1.82) is 0 Å². The second kappa shape index (κ2) is 8.86. The van der Waals surface area contributed by atoms with Gasteiger partial charge in [0.15, 0.2) is 0 Å². The van der Waals surface area contributed by atoms with Gasteiger partial charge in [0, 0.05) is 35.6 Å². The lowest BCUT2D eigenvalue weighted by Crippen LogP contribution is -2.35. The van der Waals surface area contributed by atoms with Gasteiger partial charge in [-0.3, -0.25) is 4.98 Å². The topological polar surface area (TPSA) is 72.5 Å². The molecule has 1 aromatic heterocycles. The van der Waals surface area contributed by atoms with Gasteiger partial charge in [-0.2, -0.15) is 0 Å². The summed E-state index contributed by atoms with van der Waals surface area (Å²) in [5.74, 6) is 1.58. The molecule has 6 heteroatoms. The van der Waals surface area contributed by atoms with Crippen molar-refractivity contribution in [1.82, 2.24) is 10.3 Å². The van der Waals surface area contributed by atoms with E-state index in [1.807, 2.05) is 48.5 Å². The smallest absolute Gasteiger partial charge is 0.319 e. The summed E-state index contributed by atoms with van der Waals surface area (Å²) in [5, 5.41) is 5.88. The van der Waals surface area contributed by atoms with E-state index in [0.29, 0.717) is 18.8 Å². The van der Waals surface area contributed by atoms with Gasteiger partial charge in [0.05, 0.1) is 7.11 Å². The summed E-state index contributed by atoms with van der Waals surface area (Å²) >= 11 is 0. The largest absolute Gasteiger partial charge is 0.497 e. The summed E-state index contributed by atoms with van der Waals surface area (Å²) in [5.41, 5.74) is 2.93. The van der Waals surface area contributed by atoms with E-state index in [1.165, 1.54) is 5.56 Å². The SMILES string of the molecule is COc1cccc(C2(CNC(=O)Nc3ccc(OCc4cccnc4)cc3)CC2)c1. The number of amides is 2. The maximum absolute atomic E-state index is 12.4. The van der Waals surface area contributed by atoms with E-state index < -0.39 is 0 Å². The molecule has 1 fully saturated rings. The first-order valence-electron chi connectivity index (χ1n) is 9.98. The highest BCUT2D eigenvalue weighted by molar-refractivity contribution is 5.89. The van der Waals surface area contributed by atoms with Crippen molar-refractivity contribution in [2.24, 2.45) is 0 Å². The summed E-state index contributed by atoms with van der Waals surface area (Å²) in [6.45, 7) is 1.05. The minimum absolute atomic E-state index is 0.00979. The van der Waals surface area contributed by atoms with E-state index in [2.05, 4.69) is 27.8 Å². The maximum Gasteiger partial charge on any atom is 0.319 e. The van der Waals surface area contributed by atoms with Gasteiger partial charge < -0.3 is 20.1 Å². The van der Waals surface area contributed by atoms with Crippen LogP contribution in [-0.4, -0.2) is 24.7 Å². The third kappa shape index (κ3) is 4.89. The fourth-order valence-electron chi connectivity index (χ4n) is 3.38. The fourth-order valence-corrected chi connectivity index (χ4v) is 3.38. The van der Waals surface area contributed by atoms with E-state index in [4.69, 9.17) is 9.47 Å². The second-order valence-corrected chi connectivity index (χ2v) is 7.49. The molecule has 1 saturated carbocycles. The number of carbonyl (C=O) groups is 1. The first kappa shape index (κ1) is 19.8. The molecule has 30 heavy (non-hydrogen) atoms. The Labute approximate surface area is 176 Å². The van der Waals surface area contributed by atoms with Crippen LogP contribution in [0.1, 0.15) is 24.0 Å². The highest BCUT2D eigenvalue weighted by atomic mass is 16.5. The third-order valence-electron chi connectivity index (χ3n) is 5.36. The Bertz CT molecular complexity index is 986. The Balaban J connectivity index is 1.27. The van der Waals surface area contributed by atoms with Gasteiger partial charge in [0.25, 0.3) is 0 Å². The predicted molar refractivity (Wildman–Crippen MR) is 116 cm³/mol. The number of ether oxygens (including phenoxy) is 2. The number of methoxy groups -OCH3 is 1. The number of nitrogens with zero attached hydrogens (tertiary/aromatic N) is 1. The minimum atomic E-state index is -0.215. The zero-order valence-corrected chi connectivity index (χ0v) is 16.9. The van der Waals surface area contributed by atoms with Crippen LogP contribution < -0.4 is 20.1 Å². The first-order valence-corrected chi connectivity index (χ1v) is 9.98. The highest BCUT2D eigenvalue weighted by Gasteiger charge is 2.44. The van der Waals surface area contributed by atoms with E-state index >= 15 is 0 Å². The molecule has 4 rings (SSSR count). The van der Waals surface area contributed by atoms with Crippen LogP contribution in [-0.2, 0) is 12.0 Å². The second-order valence-electron chi connectivity index (χ2n) is 7.49. The Morgan fingerprint density at radius 3 is 2.60 bits per heavy atom. The Kier molecular flexibility index (Phi) is 5.84. The summed E-state index contributed by atoms with van der Waals surface area (Å²) < 4.78 is 11.1. The molecule has 0 spiro atoms. The van der Waals surface area contributed by atoms with Crippen LogP contribution in [0, 0.1) is 0 Å². The van der Waals surface area contributed by atoms with Crippen molar-refractivity contribution in [3.05, 3.63) is 84.2 Å². The third-order valence-corrected chi connectivity index (χ3v) is 5.36. The molecule has 0 aliphatic heterocycles. The molecule has 2 N–H and O–H groups in total. The van der Waals surface area contributed by atoms with Crippen molar-refractivity contribution in [2.75, 3.05) is 19.0 Å². The van der Waals surface area contributed by atoms with Crippen LogP contribution >= 0.6 is 0 Å². The normalized spacial score (nSPS) is 13.9. The average molecular weight is 403 g/mol. The first-order chi connectivity index (χ1) is 14.7. The Hall–Kier alpha value is -3.54. The van der Waals surface area contributed by atoms with E-state index in [9.17, 15) is 4.79 Å². The van der Waals surface area contributed by atoms with E-state index in [0.717, 1.165) is 29.9 Å². The van der Waals surface area contributed by atoms with Crippen LogP contribution in [0.4, 0.5) is 10.5 Å². The minimum Gasteiger partial charge on any atom is -0.497 e. The van der Waals surface area contributed by atoms with Crippen LogP contribution in [0.15, 0.2) is 73.1 Å². The zero-order chi connectivity index (χ0) is 20.8. The van der Waals surface area contributed by atoms with E-state index in [-0.39, 0.29) is 11.4 Å². The van der Waals surface area contributed by atoms with Crippen LogP contribution in [0.25, 0.3) is 0 Å². The Morgan fingerprint density at radius 1 is 1.07 bits per heavy atom. The van der Waals surface area contributed by atoms with Gasteiger partial charge in [-0.1, -0.05) is 18.2 Å². The standard InChI is InChI=1S/C24H25N3O3/c1-29-22-6-2-5-19(14-22)24(11-12-24)17-26-23(28)27-20-7-9-21(10-8-20)30-16-18-4-3-13-25-15-18/h2-10,13-15H,11-12,16-17H2,1H3,(H2,26,27,28). The van der Waals surface area contributed by atoms with Gasteiger partial charge in [0.1, 0.15) is 18.1 Å². The monoisotopic (exact) mass is 403 g/mol. The van der Waals surface area contributed by atoms with Gasteiger partial charge >= 0.3 is 6.03 Å². The summed E-state index contributed by atoms with van der Waals surface area (Å²) in [6, 6.07) is 19.0. The molecule has 0 saturated heterocycles. The van der Waals surface area contributed by atoms with Crippen molar-refractivity contribution >= 4 is 11.7 Å². The van der Waals surface area contributed by atoms with Crippen molar-refractivity contribution in [2.45, 2.75) is 24.9 Å². The molecule has 0 atom stereocenters. The number of carbonyl (C=O) groups excluding carboxylic acids is 1. The number of nitrogens with one attached hydrogen (secondary N) is 2. The molecular weight excluding hydrogens is 378 g/mol. The van der Waals surface area contributed by atoms with Gasteiger partial charge in [-0.25, -0.2) is 4.79 Å². The van der Waals surface area contributed by atoms with Crippen molar-refractivity contribution < 1.29 is 14.3 Å². The number of hydrogen-bond acceptors (Lipinski definition) is 4. The number of anilines is 1. The molecule has 3 aromatic rings. The average Bonchev–Trinajstić information content (AvgIpc) is 3.59.